The summed E-state index contributed by atoms with van der Waals surface area (Å²) >= 11 is 0. The van der Waals surface area contributed by atoms with E-state index < -0.39 is 0 Å². The first-order chi connectivity index (χ1) is 12.2. The van der Waals surface area contributed by atoms with Crippen LogP contribution >= 0.6 is 0 Å². The number of aryl methyl sites for hydroxylation is 2. The number of nitrogens with one attached hydrogen (secondary N) is 1. The Morgan fingerprint density at radius 3 is 2.68 bits per heavy atom. The molecule has 2 aromatic rings. The summed E-state index contributed by atoms with van der Waals surface area (Å²) in [4.78, 5) is 6.54. The maximum Gasteiger partial charge on any atom is 0.194 e. The van der Waals surface area contributed by atoms with Crippen LogP contribution in [0.3, 0.4) is 0 Å². The van der Waals surface area contributed by atoms with Gasteiger partial charge >= 0.3 is 0 Å². The van der Waals surface area contributed by atoms with Crippen LogP contribution in [0.1, 0.15) is 42.5 Å². The molecule has 2 heterocycles. The number of guanidine groups is 1. The van der Waals surface area contributed by atoms with E-state index >= 15 is 0 Å². The Morgan fingerprint density at radius 2 is 1.96 bits per heavy atom. The normalized spacial score (nSPS) is 14.3. The number of rotatable bonds is 5. The summed E-state index contributed by atoms with van der Waals surface area (Å²) in [6.07, 6.45) is 4.53. The molecule has 0 saturated heterocycles. The average Bonchev–Trinajstić information content (AvgIpc) is 3.06. The van der Waals surface area contributed by atoms with Gasteiger partial charge in [-0.15, -0.1) is 10.2 Å². The SMILES string of the molecule is CCc1ccc(CN(C)C(=NC)NCc2nnc3n2CCCC3)cc1. The zero-order chi connectivity index (χ0) is 17.6. The van der Waals surface area contributed by atoms with Crippen molar-refractivity contribution in [3.63, 3.8) is 0 Å². The van der Waals surface area contributed by atoms with Crippen LogP contribution in [-0.4, -0.2) is 39.7 Å². The molecule has 6 heteroatoms. The van der Waals surface area contributed by atoms with Gasteiger partial charge in [0, 0.05) is 33.6 Å². The predicted octanol–water partition coefficient (Wildman–Crippen LogP) is 2.38. The minimum absolute atomic E-state index is 0.652. The lowest BCUT2D eigenvalue weighted by atomic mass is 10.1. The minimum Gasteiger partial charge on any atom is -0.349 e. The monoisotopic (exact) mass is 340 g/mol. The molecule has 0 radical (unpaired) electrons. The van der Waals surface area contributed by atoms with Crippen molar-refractivity contribution < 1.29 is 0 Å². The predicted molar refractivity (Wildman–Crippen MR) is 100 cm³/mol. The number of aliphatic imine (C=N–C) groups is 1. The smallest absolute Gasteiger partial charge is 0.194 e. The van der Waals surface area contributed by atoms with Crippen molar-refractivity contribution in [1.29, 1.82) is 0 Å². The first-order valence-corrected chi connectivity index (χ1v) is 9.11. The highest BCUT2D eigenvalue weighted by Gasteiger charge is 2.16. The van der Waals surface area contributed by atoms with Crippen molar-refractivity contribution in [3.05, 3.63) is 47.0 Å². The summed E-state index contributed by atoms with van der Waals surface area (Å²) in [6.45, 7) is 4.67. The topological polar surface area (TPSA) is 58.3 Å². The third-order valence-electron chi connectivity index (χ3n) is 4.77. The molecule has 3 rings (SSSR count). The molecule has 0 amide bonds. The van der Waals surface area contributed by atoms with Gasteiger partial charge in [0.25, 0.3) is 0 Å². The molecule has 6 nitrogen and oxygen atoms in total. The fourth-order valence-electron chi connectivity index (χ4n) is 3.27. The molecule has 0 aliphatic carbocycles. The van der Waals surface area contributed by atoms with E-state index in [1.807, 2.05) is 7.05 Å². The second kappa shape index (κ2) is 8.14. The molecule has 134 valence electrons. The Balaban J connectivity index is 1.59. The quantitative estimate of drug-likeness (QED) is 0.671. The summed E-state index contributed by atoms with van der Waals surface area (Å²) in [7, 11) is 3.88. The lowest BCUT2D eigenvalue weighted by molar-refractivity contribution is 0.468. The summed E-state index contributed by atoms with van der Waals surface area (Å²) in [5.74, 6) is 2.98. The van der Waals surface area contributed by atoms with Gasteiger partial charge in [-0.1, -0.05) is 31.2 Å². The van der Waals surface area contributed by atoms with E-state index in [0.717, 1.165) is 43.5 Å². The number of hydrogen-bond donors (Lipinski definition) is 1. The van der Waals surface area contributed by atoms with Crippen LogP contribution in [0.25, 0.3) is 0 Å². The number of aromatic nitrogens is 3. The molecular formula is C19H28N6. The lowest BCUT2D eigenvalue weighted by Gasteiger charge is -2.22. The maximum absolute atomic E-state index is 4.40. The highest BCUT2D eigenvalue weighted by molar-refractivity contribution is 5.79. The Morgan fingerprint density at radius 1 is 1.20 bits per heavy atom. The second-order valence-electron chi connectivity index (χ2n) is 6.57. The maximum atomic E-state index is 4.40. The number of hydrogen-bond acceptors (Lipinski definition) is 3. The van der Waals surface area contributed by atoms with Crippen LogP contribution in [0.15, 0.2) is 29.3 Å². The van der Waals surface area contributed by atoms with Crippen LogP contribution in [-0.2, 0) is 32.5 Å². The fraction of sp³-hybridized carbons (Fsp3) is 0.526. The van der Waals surface area contributed by atoms with Crippen molar-refractivity contribution in [1.82, 2.24) is 25.0 Å². The molecule has 0 bridgehead atoms. The summed E-state index contributed by atoms with van der Waals surface area (Å²) in [6, 6.07) is 8.78. The van der Waals surface area contributed by atoms with Crippen LogP contribution in [0.5, 0.6) is 0 Å². The third kappa shape index (κ3) is 4.18. The molecule has 0 spiro atoms. The number of benzene rings is 1. The van der Waals surface area contributed by atoms with E-state index in [-0.39, 0.29) is 0 Å². The van der Waals surface area contributed by atoms with Gasteiger partial charge in [0.15, 0.2) is 11.8 Å². The van der Waals surface area contributed by atoms with E-state index in [4.69, 9.17) is 0 Å². The van der Waals surface area contributed by atoms with E-state index in [9.17, 15) is 0 Å². The zero-order valence-corrected chi connectivity index (χ0v) is 15.5. The first kappa shape index (κ1) is 17.5. The largest absolute Gasteiger partial charge is 0.349 e. The highest BCUT2D eigenvalue weighted by atomic mass is 15.3. The molecule has 1 aromatic carbocycles. The standard InChI is InChI=1S/C19H28N6/c1-4-15-8-10-16(11-9-15)14-24(3)19(20-2)21-13-18-23-22-17-7-5-6-12-25(17)18/h8-11H,4-7,12-14H2,1-3H3,(H,20,21). The van der Waals surface area contributed by atoms with Crippen LogP contribution < -0.4 is 5.32 Å². The van der Waals surface area contributed by atoms with Gasteiger partial charge in [-0.25, -0.2) is 0 Å². The van der Waals surface area contributed by atoms with Gasteiger partial charge in [-0.2, -0.15) is 0 Å². The van der Waals surface area contributed by atoms with Crippen molar-refractivity contribution in [2.75, 3.05) is 14.1 Å². The van der Waals surface area contributed by atoms with Crippen LogP contribution in [0, 0.1) is 0 Å². The first-order valence-electron chi connectivity index (χ1n) is 9.11. The van der Waals surface area contributed by atoms with Crippen molar-refractivity contribution in [3.8, 4) is 0 Å². The molecule has 0 unspecified atom stereocenters. The van der Waals surface area contributed by atoms with E-state index in [2.05, 4.69) is 68.2 Å². The Hall–Kier alpha value is -2.37. The number of nitrogens with zero attached hydrogens (tertiary/aromatic N) is 5. The summed E-state index contributed by atoms with van der Waals surface area (Å²) in [5.41, 5.74) is 2.65. The van der Waals surface area contributed by atoms with E-state index in [0.29, 0.717) is 6.54 Å². The molecule has 1 aliphatic heterocycles. The van der Waals surface area contributed by atoms with Crippen LogP contribution in [0.4, 0.5) is 0 Å². The van der Waals surface area contributed by atoms with E-state index in [1.165, 1.54) is 24.0 Å². The minimum atomic E-state index is 0.652. The van der Waals surface area contributed by atoms with Crippen molar-refractivity contribution >= 4 is 5.96 Å². The lowest BCUT2D eigenvalue weighted by Crippen LogP contribution is -2.38. The molecule has 1 aliphatic rings. The molecule has 1 aromatic heterocycles. The van der Waals surface area contributed by atoms with Gasteiger partial charge in [0.05, 0.1) is 6.54 Å². The second-order valence-corrected chi connectivity index (χ2v) is 6.57. The highest BCUT2D eigenvalue weighted by Crippen LogP contribution is 2.14. The Labute approximate surface area is 150 Å². The van der Waals surface area contributed by atoms with Gasteiger partial charge in [-0.05, 0) is 30.4 Å². The van der Waals surface area contributed by atoms with Gasteiger partial charge in [-0.3, -0.25) is 4.99 Å². The van der Waals surface area contributed by atoms with Crippen molar-refractivity contribution in [2.24, 2.45) is 4.99 Å². The molecule has 25 heavy (non-hydrogen) atoms. The molecule has 1 N–H and O–H groups in total. The fourth-order valence-corrected chi connectivity index (χ4v) is 3.27. The molecule has 0 fully saturated rings. The van der Waals surface area contributed by atoms with E-state index in [1.54, 1.807) is 0 Å². The number of fused-ring (bicyclic) bond motifs is 1. The molecule has 0 saturated carbocycles. The Bertz CT molecular complexity index is 716. The molecular weight excluding hydrogens is 312 g/mol. The average molecular weight is 340 g/mol. The summed E-state index contributed by atoms with van der Waals surface area (Å²) < 4.78 is 2.24. The van der Waals surface area contributed by atoms with Crippen molar-refractivity contribution in [2.45, 2.75) is 52.2 Å². The molecule has 0 atom stereocenters. The van der Waals surface area contributed by atoms with Crippen LogP contribution in [0.2, 0.25) is 0 Å². The third-order valence-corrected chi connectivity index (χ3v) is 4.77. The zero-order valence-electron chi connectivity index (χ0n) is 15.5. The summed E-state index contributed by atoms with van der Waals surface area (Å²) in [5, 5.41) is 12.1. The van der Waals surface area contributed by atoms with Gasteiger partial charge in [0.2, 0.25) is 0 Å². The Kier molecular flexibility index (Phi) is 5.68. The van der Waals surface area contributed by atoms with Gasteiger partial charge < -0.3 is 14.8 Å². The van der Waals surface area contributed by atoms with Gasteiger partial charge in [0.1, 0.15) is 5.82 Å².